The molecule has 3 aromatic rings. The number of hydrogen-bond acceptors (Lipinski definition) is 3. The van der Waals surface area contributed by atoms with Crippen LogP contribution in [0.5, 0.6) is 0 Å². The lowest BCUT2D eigenvalue weighted by molar-refractivity contribution is 0.0698. The molecule has 0 radical (unpaired) electrons. The van der Waals surface area contributed by atoms with Gasteiger partial charge in [-0.3, -0.25) is 0 Å². The largest absolute Gasteiger partial charge is 0.445 e. The highest BCUT2D eigenvalue weighted by molar-refractivity contribution is 5.69. The number of carbonyl (C=O) groups excluding carboxylic acids is 1. The van der Waals surface area contributed by atoms with Crippen molar-refractivity contribution in [2.24, 2.45) is 0 Å². The number of ether oxygens (including phenoxy) is 2. The van der Waals surface area contributed by atoms with Gasteiger partial charge >= 0.3 is 6.09 Å². The van der Waals surface area contributed by atoms with Crippen LogP contribution in [0.2, 0.25) is 0 Å². The van der Waals surface area contributed by atoms with E-state index < -0.39 is 0 Å². The minimum absolute atomic E-state index is 0.0568. The van der Waals surface area contributed by atoms with E-state index in [0.29, 0.717) is 13.2 Å². The molecule has 0 N–H and O–H groups in total. The molecule has 0 bridgehead atoms. The maximum atomic E-state index is 13.1. The van der Waals surface area contributed by atoms with E-state index >= 15 is 0 Å². The fourth-order valence-electron chi connectivity index (χ4n) is 4.45. The van der Waals surface area contributed by atoms with Gasteiger partial charge in [-0.1, -0.05) is 91.0 Å². The molecule has 0 aliphatic carbocycles. The number of likely N-dealkylation sites (tertiary alicyclic amines) is 1. The minimum Gasteiger partial charge on any atom is -0.445 e. The molecule has 3 aromatic carbocycles. The summed E-state index contributed by atoms with van der Waals surface area (Å²) in [4.78, 5) is 14.9. The van der Waals surface area contributed by atoms with Crippen molar-refractivity contribution in [1.82, 2.24) is 4.90 Å². The predicted molar refractivity (Wildman–Crippen MR) is 117 cm³/mol. The summed E-state index contributed by atoms with van der Waals surface area (Å²) in [5.74, 6) is 0. The first-order chi connectivity index (χ1) is 14.7. The van der Waals surface area contributed by atoms with Gasteiger partial charge in [-0.25, -0.2) is 4.79 Å². The summed E-state index contributed by atoms with van der Waals surface area (Å²) >= 11 is 0. The van der Waals surface area contributed by atoms with Gasteiger partial charge in [0.15, 0.2) is 0 Å². The Morgan fingerprint density at radius 3 is 1.97 bits per heavy atom. The molecular formula is C26H27NO3. The maximum absolute atomic E-state index is 13.1. The first kappa shape index (κ1) is 20.2. The summed E-state index contributed by atoms with van der Waals surface area (Å²) in [6.07, 6.45) is 0.490. The number of rotatable bonds is 6. The second kappa shape index (κ2) is 9.14. The van der Waals surface area contributed by atoms with E-state index in [2.05, 4.69) is 48.5 Å². The molecular weight excluding hydrogens is 374 g/mol. The van der Waals surface area contributed by atoms with Crippen molar-refractivity contribution < 1.29 is 14.3 Å². The number of benzene rings is 3. The third-order valence-corrected chi connectivity index (χ3v) is 5.92. The zero-order valence-electron chi connectivity index (χ0n) is 17.2. The van der Waals surface area contributed by atoms with Crippen molar-refractivity contribution in [3.63, 3.8) is 0 Å². The third kappa shape index (κ3) is 4.10. The molecule has 1 atom stereocenters. The summed E-state index contributed by atoms with van der Waals surface area (Å²) < 4.78 is 11.2. The van der Waals surface area contributed by atoms with Crippen LogP contribution in [0.15, 0.2) is 91.0 Å². The number of nitrogens with zero attached hydrogens (tertiary/aromatic N) is 1. The highest BCUT2D eigenvalue weighted by Crippen LogP contribution is 2.44. The second-order valence-electron chi connectivity index (χ2n) is 7.80. The van der Waals surface area contributed by atoms with Crippen molar-refractivity contribution in [2.75, 3.05) is 20.3 Å². The van der Waals surface area contributed by atoms with Gasteiger partial charge in [-0.15, -0.1) is 0 Å². The molecule has 0 aromatic heterocycles. The van der Waals surface area contributed by atoms with Crippen molar-refractivity contribution in [1.29, 1.82) is 0 Å². The van der Waals surface area contributed by atoms with Crippen molar-refractivity contribution >= 4 is 6.09 Å². The Balaban J connectivity index is 1.63. The van der Waals surface area contributed by atoms with Crippen LogP contribution in [0.25, 0.3) is 0 Å². The molecule has 4 heteroatoms. The van der Waals surface area contributed by atoms with Gasteiger partial charge < -0.3 is 14.4 Å². The quantitative estimate of drug-likeness (QED) is 0.581. The standard InChI is InChI=1S/C26H27NO3/c1-29-19-24-17-26(22-13-7-3-8-14-22,23-15-9-4-10-16-23)20-27(24)25(28)30-18-21-11-5-2-6-12-21/h2-16,24H,17-20H2,1H3. The Morgan fingerprint density at radius 2 is 1.43 bits per heavy atom. The first-order valence-electron chi connectivity index (χ1n) is 10.3. The van der Waals surface area contributed by atoms with Crippen LogP contribution in [0, 0.1) is 0 Å². The average Bonchev–Trinajstić information content (AvgIpc) is 3.20. The van der Waals surface area contributed by atoms with Gasteiger partial charge in [0.1, 0.15) is 6.61 Å². The molecule has 1 saturated heterocycles. The lowest BCUT2D eigenvalue weighted by atomic mass is 9.73. The SMILES string of the molecule is COCC1CC(c2ccccc2)(c2ccccc2)CN1C(=O)OCc1ccccc1. The van der Waals surface area contributed by atoms with Crippen molar-refractivity contribution in [2.45, 2.75) is 24.5 Å². The Morgan fingerprint density at radius 1 is 0.900 bits per heavy atom. The van der Waals surface area contributed by atoms with Gasteiger partial charge in [0.05, 0.1) is 12.6 Å². The van der Waals surface area contributed by atoms with E-state index in [0.717, 1.165) is 12.0 Å². The fourth-order valence-corrected chi connectivity index (χ4v) is 4.45. The van der Waals surface area contributed by atoms with Crippen molar-refractivity contribution in [3.05, 3.63) is 108 Å². The molecule has 1 fully saturated rings. The summed E-state index contributed by atoms with van der Waals surface area (Å²) in [7, 11) is 1.68. The zero-order chi connectivity index (χ0) is 20.8. The Labute approximate surface area is 178 Å². The summed E-state index contributed by atoms with van der Waals surface area (Å²) in [5.41, 5.74) is 3.09. The number of hydrogen-bond donors (Lipinski definition) is 0. The van der Waals surface area contributed by atoms with Gasteiger partial charge in [0, 0.05) is 19.1 Å². The van der Waals surface area contributed by atoms with E-state index in [4.69, 9.17) is 9.47 Å². The molecule has 0 spiro atoms. The first-order valence-corrected chi connectivity index (χ1v) is 10.3. The van der Waals surface area contributed by atoms with E-state index in [-0.39, 0.29) is 24.2 Å². The van der Waals surface area contributed by atoms with Gasteiger partial charge in [0.2, 0.25) is 0 Å². The average molecular weight is 402 g/mol. The monoisotopic (exact) mass is 401 g/mol. The zero-order valence-corrected chi connectivity index (χ0v) is 17.2. The molecule has 0 saturated carbocycles. The Bertz CT molecular complexity index is 904. The van der Waals surface area contributed by atoms with E-state index in [9.17, 15) is 4.79 Å². The smallest absolute Gasteiger partial charge is 0.410 e. The van der Waals surface area contributed by atoms with Crippen LogP contribution in [-0.4, -0.2) is 37.3 Å². The topological polar surface area (TPSA) is 38.8 Å². The highest BCUT2D eigenvalue weighted by Gasteiger charge is 2.48. The van der Waals surface area contributed by atoms with Crippen LogP contribution in [0.3, 0.4) is 0 Å². The normalized spacial score (nSPS) is 17.6. The highest BCUT2D eigenvalue weighted by atomic mass is 16.6. The van der Waals surface area contributed by atoms with Crippen LogP contribution >= 0.6 is 0 Å². The van der Waals surface area contributed by atoms with Crippen LogP contribution < -0.4 is 0 Å². The molecule has 4 nitrogen and oxygen atoms in total. The van der Waals surface area contributed by atoms with Crippen LogP contribution in [0.4, 0.5) is 4.79 Å². The maximum Gasteiger partial charge on any atom is 0.410 e. The third-order valence-electron chi connectivity index (χ3n) is 5.92. The molecule has 154 valence electrons. The Hall–Kier alpha value is -3.11. The molecule has 1 heterocycles. The van der Waals surface area contributed by atoms with Crippen molar-refractivity contribution in [3.8, 4) is 0 Å². The number of methoxy groups -OCH3 is 1. The van der Waals surface area contributed by atoms with E-state index in [1.807, 2.05) is 47.4 Å². The summed E-state index contributed by atoms with van der Waals surface area (Å²) in [6, 6.07) is 30.6. The van der Waals surface area contributed by atoms with Crippen LogP contribution in [0.1, 0.15) is 23.1 Å². The van der Waals surface area contributed by atoms with Gasteiger partial charge in [-0.2, -0.15) is 0 Å². The Kier molecular flexibility index (Phi) is 6.15. The van der Waals surface area contributed by atoms with Gasteiger partial charge in [-0.05, 0) is 23.1 Å². The molecule has 1 unspecified atom stereocenters. The number of carbonyl (C=O) groups is 1. The lowest BCUT2D eigenvalue weighted by Gasteiger charge is -2.30. The summed E-state index contributed by atoms with van der Waals surface area (Å²) in [5, 5.41) is 0. The fraction of sp³-hybridized carbons (Fsp3) is 0.269. The number of amides is 1. The predicted octanol–water partition coefficient (Wildman–Crippen LogP) is 5.03. The molecule has 30 heavy (non-hydrogen) atoms. The molecule has 1 aliphatic heterocycles. The lowest BCUT2D eigenvalue weighted by Crippen LogP contribution is -2.39. The summed E-state index contributed by atoms with van der Waals surface area (Å²) in [6.45, 7) is 1.30. The second-order valence-corrected chi connectivity index (χ2v) is 7.80. The van der Waals surface area contributed by atoms with Crippen LogP contribution in [-0.2, 0) is 21.5 Å². The minimum atomic E-state index is -0.297. The molecule has 4 rings (SSSR count). The van der Waals surface area contributed by atoms with E-state index in [1.165, 1.54) is 11.1 Å². The molecule has 1 amide bonds. The molecule has 1 aliphatic rings. The van der Waals surface area contributed by atoms with Gasteiger partial charge in [0.25, 0.3) is 0 Å². The van der Waals surface area contributed by atoms with E-state index in [1.54, 1.807) is 7.11 Å².